The minimum atomic E-state index is -0.482. The third-order valence-corrected chi connectivity index (χ3v) is 2.40. The van der Waals surface area contributed by atoms with Gasteiger partial charge in [0.1, 0.15) is 5.82 Å². The van der Waals surface area contributed by atoms with Gasteiger partial charge in [-0.2, -0.15) is 0 Å². The Hall–Kier alpha value is -2.63. The van der Waals surface area contributed by atoms with Crippen LogP contribution in [0.4, 0.5) is 10.1 Å². The third kappa shape index (κ3) is 1.73. The Labute approximate surface area is 101 Å². The highest BCUT2D eigenvalue weighted by molar-refractivity contribution is 5.61. The van der Waals surface area contributed by atoms with Crippen LogP contribution >= 0.6 is 0 Å². The minimum absolute atomic E-state index is 0.0326. The predicted octanol–water partition coefficient (Wildman–Crippen LogP) is 2.72. The molecule has 0 amide bonds. The van der Waals surface area contributed by atoms with Crippen LogP contribution in [0.5, 0.6) is 0 Å². The van der Waals surface area contributed by atoms with Crippen LogP contribution in [0.15, 0.2) is 45.4 Å². The van der Waals surface area contributed by atoms with Crippen molar-refractivity contribution in [1.29, 1.82) is 0 Å². The molecule has 6 heteroatoms. The summed E-state index contributed by atoms with van der Waals surface area (Å²) in [6, 6.07) is 7.63. The van der Waals surface area contributed by atoms with E-state index >= 15 is 0 Å². The molecule has 5 nitrogen and oxygen atoms in total. The first-order valence-electron chi connectivity index (χ1n) is 5.17. The molecule has 0 fully saturated rings. The molecular formula is C12H8FN3O2. The van der Waals surface area contributed by atoms with Crippen molar-refractivity contribution in [3.05, 3.63) is 42.4 Å². The quantitative estimate of drug-likeness (QED) is 0.702. The molecule has 90 valence electrons. The van der Waals surface area contributed by atoms with E-state index in [1.807, 2.05) is 0 Å². The average Bonchev–Trinajstić information content (AvgIpc) is 3.01. The van der Waals surface area contributed by atoms with Gasteiger partial charge in [-0.1, -0.05) is 0 Å². The maximum Gasteiger partial charge on any atom is 0.283 e. The molecule has 1 aromatic carbocycles. The topological polar surface area (TPSA) is 78.1 Å². The summed E-state index contributed by atoms with van der Waals surface area (Å²) in [5, 5.41) is 7.70. The molecule has 2 aromatic heterocycles. The molecule has 2 N–H and O–H groups in total. The van der Waals surface area contributed by atoms with Crippen molar-refractivity contribution in [3.8, 4) is 23.1 Å². The normalized spacial score (nSPS) is 10.7. The summed E-state index contributed by atoms with van der Waals surface area (Å²) in [6.45, 7) is 0. The number of anilines is 1. The van der Waals surface area contributed by atoms with E-state index in [1.54, 1.807) is 12.1 Å². The number of nitrogens with zero attached hydrogens (tertiary/aromatic N) is 2. The van der Waals surface area contributed by atoms with Crippen LogP contribution in [0.3, 0.4) is 0 Å². The molecule has 0 saturated carbocycles. The van der Waals surface area contributed by atoms with Gasteiger partial charge < -0.3 is 14.6 Å². The van der Waals surface area contributed by atoms with E-state index in [2.05, 4.69) is 10.2 Å². The molecule has 0 saturated heterocycles. The molecule has 0 aliphatic heterocycles. The van der Waals surface area contributed by atoms with Gasteiger partial charge in [-0.15, -0.1) is 10.2 Å². The molecule has 3 aromatic rings. The van der Waals surface area contributed by atoms with Gasteiger partial charge in [-0.05, 0) is 30.3 Å². The highest BCUT2D eigenvalue weighted by Gasteiger charge is 2.13. The maximum absolute atomic E-state index is 13.0. The maximum atomic E-state index is 13.0. The number of hydrogen-bond acceptors (Lipinski definition) is 5. The van der Waals surface area contributed by atoms with Gasteiger partial charge >= 0.3 is 0 Å². The summed E-state index contributed by atoms with van der Waals surface area (Å²) in [5.74, 6) is 0.513. The Morgan fingerprint density at radius 1 is 1.11 bits per heavy atom. The fourth-order valence-electron chi connectivity index (χ4n) is 1.52. The van der Waals surface area contributed by atoms with Crippen molar-refractivity contribution < 1.29 is 13.2 Å². The first-order valence-corrected chi connectivity index (χ1v) is 5.17. The number of nitrogens with two attached hydrogens (primary N) is 1. The molecule has 0 bridgehead atoms. The molecule has 0 aliphatic carbocycles. The highest BCUT2D eigenvalue weighted by Crippen LogP contribution is 2.25. The Balaban J connectivity index is 2.00. The second-order valence-corrected chi connectivity index (χ2v) is 3.63. The van der Waals surface area contributed by atoms with Crippen molar-refractivity contribution >= 4 is 5.69 Å². The van der Waals surface area contributed by atoms with Crippen molar-refractivity contribution in [2.45, 2.75) is 0 Å². The van der Waals surface area contributed by atoms with E-state index in [1.165, 1.54) is 24.5 Å². The number of hydrogen-bond donors (Lipinski definition) is 1. The summed E-state index contributed by atoms with van der Waals surface area (Å²) < 4.78 is 23.6. The van der Waals surface area contributed by atoms with Crippen molar-refractivity contribution in [2.24, 2.45) is 0 Å². The monoisotopic (exact) mass is 245 g/mol. The van der Waals surface area contributed by atoms with E-state index < -0.39 is 5.82 Å². The van der Waals surface area contributed by atoms with Gasteiger partial charge in [0.2, 0.25) is 5.89 Å². The molecule has 18 heavy (non-hydrogen) atoms. The molecule has 0 radical (unpaired) electrons. The molecule has 0 aliphatic rings. The van der Waals surface area contributed by atoms with E-state index in [0.29, 0.717) is 11.3 Å². The van der Waals surface area contributed by atoms with Gasteiger partial charge in [-0.3, -0.25) is 0 Å². The molecule has 0 unspecified atom stereocenters. The van der Waals surface area contributed by atoms with Gasteiger partial charge in [0.25, 0.3) is 5.89 Å². The Kier molecular flexibility index (Phi) is 2.33. The highest BCUT2D eigenvalue weighted by atomic mass is 19.1. The summed E-state index contributed by atoms with van der Waals surface area (Å²) in [7, 11) is 0. The number of furan rings is 1. The standard InChI is InChI=1S/C12H8FN3O2/c13-8-4-3-7(6-9(8)14)11-15-16-12(18-11)10-2-1-5-17-10/h1-6H,14H2. The van der Waals surface area contributed by atoms with E-state index in [4.69, 9.17) is 14.6 Å². The van der Waals surface area contributed by atoms with Crippen LogP contribution in [0, 0.1) is 5.82 Å². The Morgan fingerprint density at radius 2 is 1.94 bits per heavy atom. The predicted molar refractivity (Wildman–Crippen MR) is 61.8 cm³/mol. The minimum Gasteiger partial charge on any atom is -0.459 e. The third-order valence-electron chi connectivity index (χ3n) is 2.40. The van der Waals surface area contributed by atoms with Crippen molar-refractivity contribution in [1.82, 2.24) is 10.2 Å². The zero-order valence-electron chi connectivity index (χ0n) is 9.13. The van der Waals surface area contributed by atoms with Crippen molar-refractivity contribution in [3.63, 3.8) is 0 Å². The second kappa shape index (κ2) is 3.99. The molecular weight excluding hydrogens is 237 g/mol. The largest absolute Gasteiger partial charge is 0.459 e. The lowest BCUT2D eigenvalue weighted by atomic mass is 10.2. The summed E-state index contributed by atoms with van der Waals surface area (Å²) in [6.07, 6.45) is 1.51. The Bertz CT molecular complexity index is 676. The van der Waals surface area contributed by atoms with Crippen LogP contribution in [-0.4, -0.2) is 10.2 Å². The fourth-order valence-corrected chi connectivity index (χ4v) is 1.52. The lowest BCUT2D eigenvalue weighted by Crippen LogP contribution is -1.90. The van der Waals surface area contributed by atoms with Gasteiger partial charge in [-0.25, -0.2) is 4.39 Å². The molecule has 0 atom stereocenters. The first-order chi connectivity index (χ1) is 8.74. The van der Waals surface area contributed by atoms with Crippen LogP contribution in [0.25, 0.3) is 23.1 Å². The molecule has 3 rings (SSSR count). The van der Waals surface area contributed by atoms with E-state index in [0.717, 1.165) is 0 Å². The summed E-state index contributed by atoms with van der Waals surface area (Å²) >= 11 is 0. The van der Waals surface area contributed by atoms with Crippen LogP contribution < -0.4 is 5.73 Å². The first kappa shape index (κ1) is 10.5. The smallest absolute Gasteiger partial charge is 0.283 e. The lowest BCUT2D eigenvalue weighted by Gasteiger charge is -1.98. The molecule has 2 heterocycles. The van der Waals surface area contributed by atoms with E-state index in [-0.39, 0.29) is 17.5 Å². The lowest BCUT2D eigenvalue weighted by molar-refractivity contribution is 0.523. The van der Waals surface area contributed by atoms with E-state index in [9.17, 15) is 4.39 Å². The number of aromatic nitrogens is 2. The van der Waals surface area contributed by atoms with Gasteiger partial charge in [0.15, 0.2) is 5.76 Å². The number of halogens is 1. The van der Waals surface area contributed by atoms with Gasteiger partial charge in [0, 0.05) is 5.56 Å². The Morgan fingerprint density at radius 3 is 2.67 bits per heavy atom. The van der Waals surface area contributed by atoms with Gasteiger partial charge in [0.05, 0.1) is 12.0 Å². The number of benzene rings is 1. The van der Waals surface area contributed by atoms with Crippen molar-refractivity contribution in [2.75, 3.05) is 5.73 Å². The van der Waals surface area contributed by atoms with Crippen LogP contribution in [0.2, 0.25) is 0 Å². The summed E-state index contributed by atoms with van der Waals surface area (Å²) in [5.41, 5.74) is 6.06. The average molecular weight is 245 g/mol. The zero-order chi connectivity index (χ0) is 12.5. The molecule has 0 spiro atoms. The number of rotatable bonds is 2. The fraction of sp³-hybridized carbons (Fsp3) is 0. The SMILES string of the molecule is Nc1cc(-c2nnc(-c3ccco3)o2)ccc1F. The zero-order valence-corrected chi connectivity index (χ0v) is 9.13. The summed E-state index contributed by atoms with van der Waals surface area (Å²) in [4.78, 5) is 0. The van der Waals surface area contributed by atoms with Crippen LogP contribution in [-0.2, 0) is 0 Å². The van der Waals surface area contributed by atoms with Crippen LogP contribution in [0.1, 0.15) is 0 Å². The number of nitrogen functional groups attached to an aromatic ring is 1. The second-order valence-electron chi connectivity index (χ2n) is 3.63.